The molecule has 2 heterocycles. The van der Waals surface area contributed by atoms with Crippen LogP contribution in [0, 0.1) is 0 Å². The molecule has 2 rings (SSSR count). The summed E-state index contributed by atoms with van der Waals surface area (Å²) < 4.78 is 28.9. The van der Waals surface area contributed by atoms with Gasteiger partial charge >= 0.3 is 0 Å². The zero-order valence-electron chi connectivity index (χ0n) is 8.49. The van der Waals surface area contributed by atoms with Crippen molar-refractivity contribution >= 4 is 0 Å². The van der Waals surface area contributed by atoms with Gasteiger partial charge in [0.05, 0.1) is 6.42 Å². The summed E-state index contributed by atoms with van der Waals surface area (Å²) >= 11 is 0. The van der Waals surface area contributed by atoms with Gasteiger partial charge in [-0.05, 0) is 6.07 Å². The lowest BCUT2D eigenvalue weighted by molar-refractivity contribution is -0.00754. The van der Waals surface area contributed by atoms with E-state index in [1.54, 1.807) is 6.07 Å². The van der Waals surface area contributed by atoms with Gasteiger partial charge in [-0.3, -0.25) is 0 Å². The molecule has 8 heteroatoms. The van der Waals surface area contributed by atoms with E-state index in [9.17, 15) is 8.78 Å². The molecule has 1 atom stereocenters. The summed E-state index contributed by atoms with van der Waals surface area (Å²) in [6, 6.07) is 1.55. The van der Waals surface area contributed by atoms with Crippen molar-refractivity contribution in [2.75, 3.05) is 0 Å². The smallest absolute Gasteiger partial charge is 0.264 e. The number of aliphatic hydroxyl groups is 1. The SMILES string of the molecule is OC(Cc1nc(-c2ccncn2)no1)C(F)F. The molecule has 1 unspecified atom stereocenters. The molecule has 0 radical (unpaired) electrons. The molecule has 0 aliphatic rings. The number of alkyl halides is 2. The maximum absolute atomic E-state index is 12.1. The maximum atomic E-state index is 12.1. The summed E-state index contributed by atoms with van der Waals surface area (Å²) in [6.45, 7) is 0. The van der Waals surface area contributed by atoms with E-state index in [-0.39, 0.29) is 11.7 Å². The van der Waals surface area contributed by atoms with Crippen LogP contribution in [-0.2, 0) is 6.42 Å². The first-order valence-corrected chi connectivity index (χ1v) is 4.72. The third-order valence-electron chi connectivity index (χ3n) is 1.95. The molecular formula is C9H8F2N4O2. The molecule has 6 nitrogen and oxygen atoms in total. The van der Waals surface area contributed by atoms with Gasteiger partial charge in [0.15, 0.2) is 0 Å². The molecule has 2 aromatic rings. The van der Waals surface area contributed by atoms with Crippen LogP contribution in [0.1, 0.15) is 5.89 Å². The number of hydrogen-bond donors (Lipinski definition) is 1. The average molecular weight is 242 g/mol. The van der Waals surface area contributed by atoms with E-state index >= 15 is 0 Å². The van der Waals surface area contributed by atoms with Crippen LogP contribution in [0.3, 0.4) is 0 Å². The predicted molar refractivity (Wildman–Crippen MR) is 51.0 cm³/mol. The van der Waals surface area contributed by atoms with Gasteiger partial charge in [-0.25, -0.2) is 18.7 Å². The van der Waals surface area contributed by atoms with Crippen molar-refractivity contribution < 1.29 is 18.4 Å². The summed E-state index contributed by atoms with van der Waals surface area (Å²) in [5, 5.41) is 12.5. The van der Waals surface area contributed by atoms with E-state index < -0.39 is 19.0 Å². The quantitative estimate of drug-likeness (QED) is 0.849. The first-order chi connectivity index (χ1) is 8.16. The lowest BCUT2D eigenvalue weighted by Crippen LogP contribution is -2.20. The van der Waals surface area contributed by atoms with Gasteiger partial charge in [0.1, 0.15) is 18.1 Å². The van der Waals surface area contributed by atoms with Gasteiger partial charge < -0.3 is 9.63 Å². The molecule has 0 spiro atoms. The molecule has 0 bridgehead atoms. The van der Waals surface area contributed by atoms with Gasteiger partial charge in [-0.1, -0.05) is 5.16 Å². The lowest BCUT2D eigenvalue weighted by Gasteiger charge is -2.04. The molecule has 0 aromatic carbocycles. The first-order valence-electron chi connectivity index (χ1n) is 4.72. The van der Waals surface area contributed by atoms with E-state index in [0.717, 1.165) is 0 Å². The Bertz CT molecular complexity index is 477. The summed E-state index contributed by atoms with van der Waals surface area (Å²) in [5.74, 6) is 0.107. The molecular weight excluding hydrogens is 234 g/mol. The van der Waals surface area contributed by atoms with Gasteiger partial charge in [-0.15, -0.1) is 0 Å². The molecule has 0 aliphatic heterocycles. The third-order valence-corrected chi connectivity index (χ3v) is 1.95. The molecule has 0 saturated carbocycles. The number of halogens is 2. The van der Waals surface area contributed by atoms with Crippen LogP contribution in [0.5, 0.6) is 0 Å². The molecule has 2 aromatic heterocycles. The minimum atomic E-state index is -2.84. The highest BCUT2D eigenvalue weighted by atomic mass is 19.3. The fraction of sp³-hybridized carbons (Fsp3) is 0.333. The van der Waals surface area contributed by atoms with Gasteiger partial charge in [0.25, 0.3) is 6.43 Å². The zero-order valence-corrected chi connectivity index (χ0v) is 8.49. The van der Waals surface area contributed by atoms with E-state index in [0.29, 0.717) is 5.69 Å². The first kappa shape index (κ1) is 11.5. The van der Waals surface area contributed by atoms with Gasteiger partial charge in [0.2, 0.25) is 11.7 Å². The number of aromatic nitrogens is 4. The summed E-state index contributed by atoms with van der Waals surface area (Å²) in [7, 11) is 0. The topological polar surface area (TPSA) is 84.9 Å². The minimum absolute atomic E-state index is 0.0635. The Morgan fingerprint density at radius 1 is 1.41 bits per heavy atom. The zero-order chi connectivity index (χ0) is 12.3. The Labute approximate surface area is 94.3 Å². The average Bonchev–Trinajstić information content (AvgIpc) is 2.78. The van der Waals surface area contributed by atoms with Crippen LogP contribution >= 0.6 is 0 Å². The van der Waals surface area contributed by atoms with E-state index in [1.807, 2.05) is 0 Å². The Kier molecular flexibility index (Phi) is 3.33. The van der Waals surface area contributed by atoms with Crippen LogP contribution in [0.4, 0.5) is 8.78 Å². The Balaban J connectivity index is 2.12. The van der Waals surface area contributed by atoms with Gasteiger partial charge in [-0.2, -0.15) is 4.98 Å². The Hall–Kier alpha value is -1.96. The molecule has 1 N–H and O–H groups in total. The largest absolute Gasteiger partial charge is 0.387 e. The summed E-state index contributed by atoms with van der Waals surface area (Å²) in [6.07, 6.45) is -2.25. The van der Waals surface area contributed by atoms with Crippen molar-refractivity contribution in [1.29, 1.82) is 0 Å². The van der Waals surface area contributed by atoms with Crippen molar-refractivity contribution in [3.8, 4) is 11.5 Å². The van der Waals surface area contributed by atoms with Crippen LogP contribution < -0.4 is 0 Å². The molecule has 0 aliphatic carbocycles. The second kappa shape index (κ2) is 4.91. The second-order valence-electron chi connectivity index (χ2n) is 3.21. The lowest BCUT2D eigenvalue weighted by atomic mass is 10.2. The van der Waals surface area contributed by atoms with E-state index in [4.69, 9.17) is 9.63 Å². The molecule has 0 fully saturated rings. The third kappa shape index (κ3) is 2.78. The summed E-state index contributed by atoms with van der Waals surface area (Å²) in [5.41, 5.74) is 0.418. The number of aliphatic hydroxyl groups excluding tert-OH is 1. The van der Waals surface area contributed by atoms with Crippen LogP contribution in [0.2, 0.25) is 0 Å². The Morgan fingerprint density at radius 3 is 2.88 bits per heavy atom. The molecule has 17 heavy (non-hydrogen) atoms. The van der Waals surface area contributed by atoms with Gasteiger partial charge in [0, 0.05) is 6.20 Å². The van der Waals surface area contributed by atoms with Crippen molar-refractivity contribution in [2.24, 2.45) is 0 Å². The number of hydrogen-bond acceptors (Lipinski definition) is 6. The second-order valence-corrected chi connectivity index (χ2v) is 3.21. The number of nitrogens with zero attached hydrogens (tertiary/aromatic N) is 4. The predicted octanol–water partition coefficient (Wildman–Crippen LogP) is 0.695. The number of rotatable bonds is 4. The molecule has 0 amide bonds. The maximum Gasteiger partial charge on any atom is 0.264 e. The van der Waals surface area contributed by atoms with Crippen molar-refractivity contribution in [2.45, 2.75) is 19.0 Å². The minimum Gasteiger partial charge on any atom is -0.387 e. The monoisotopic (exact) mass is 242 g/mol. The van der Waals surface area contributed by atoms with Crippen molar-refractivity contribution in [3.63, 3.8) is 0 Å². The van der Waals surface area contributed by atoms with Crippen molar-refractivity contribution in [1.82, 2.24) is 20.1 Å². The highest BCUT2D eigenvalue weighted by molar-refractivity contribution is 5.46. The van der Waals surface area contributed by atoms with Crippen LogP contribution in [-0.4, -0.2) is 37.7 Å². The molecule has 0 saturated heterocycles. The van der Waals surface area contributed by atoms with E-state index in [2.05, 4.69) is 20.1 Å². The summed E-state index contributed by atoms with van der Waals surface area (Å²) in [4.78, 5) is 11.4. The highest BCUT2D eigenvalue weighted by Gasteiger charge is 2.21. The Morgan fingerprint density at radius 2 is 2.24 bits per heavy atom. The van der Waals surface area contributed by atoms with Crippen molar-refractivity contribution in [3.05, 3.63) is 24.5 Å². The fourth-order valence-electron chi connectivity index (χ4n) is 1.13. The van der Waals surface area contributed by atoms with Crippen LogP contribution in [0.25, 0.3) is 11.5 Å². The standard InChI is InChI=1S/C9H8F2N4O2/c10-8(11)6(16)3-7-14-9(15-17-7)5-1-2-12-4-13-5/h1-2,4,6,8,16H,3H2. The normalized spacial score (nSPS) is 12.9. The van der Waals surface area contributed by atoms with Crippen LogP contribution in [0.15, 0.2) is 23.1 Å². The van der Waals surface area contributed by atoms with E-state index in [1.165, 1.54) is 12.5 Å². The highest BCUT2D eigenvalue weighted by Crippen LogP contribution is 2.13. The fourth-order valence-corrected chi connectivity index (χ4v) is 1.13. The molecule has 90 valence electrons.